The van der Waals surface area contributed by atoms with Crippen molar-refractivity contribution >= 4 is 27.6 Å². The molecule has 1 aromatic rings. The first-order chi connectivity index (χ1) is 9.13. The molecule has 104 valence electrons. The quantitative estimate of drug-likeness (QED) is 0.895. The van der Waals surface area contributed by atoms with Crippen LogP contribution in [0, 0.1) is 5.92 Å². The van der Waals surface area contributed by atoms with Crippen LogP contribution in [-0.4, -0.2) is 42.8 Å². The Morgan fingerprint density at radius 1 is 1.63 bits per heavy atom. The maximum Gasteiger partial charge on any atom is 0.321 e. The third-order valence-corrected chi connectivity index (χ3v) is 3.73. The van der Waals surface area contributed by atoms with Crippen LogP contribution in [0.1, 0.15) is 6.42 Å². The van der Waals surface area contributed by atoms with Gasteiger partial charge in [0.15, 0.2) is 0 Å². The van der Waals surface area contributed by atoms with Crippen LogP contribution in [0.15, 0.2) is 22.7 Å². The summed E-state index contributed by atoms with van der Waals surface area (Å²) in [7, 11) is 1.57. The second-order valence-electron chi connectivity index (χ2n) is 4.56. The number of aliphatic hydroxyl groups excluding tert-OH is 1. The summed E-state index contributed by atoms with van der Waals surface area (Å²) in [6.07, 6.45) is 0.847. The summed E-state index contributed by atoms with van der Waals surface area (Å²) in [5.41, 5.74) is 0.634. The van der Waals surface area contributed by atoms with Crippen LogP contribution in [0.2, 0.25) is 0 Å². The van der Waals surface area contributed by atoms with Crippen molar-refractivity contribution in [2.45, 2.75) is 6.42 Å². The first-order valence-corrected chi connectivity index (χ1v) is 6.93. The molecule has 19 heavy (non-hydrogen) atoms. The molecule has 1 heterocycles. The number of halogens is 1. The lowest BCUT2D eigenvalue weighted by molar-refractivity contribution is 0.208. The van der Waals surface area contributed by atoms with Gasteiger partial charge >= 0.3 is 6.03 Å². The van der Waals surface area contributed by atoms with E-state index in [9.17, 15) is 4.79 Å². The fourth-order valence-corrected chi connectivity index (χ4v) is 2.50. The highest BCUT2D eigenvalue weighted by Gasteiger charge is 2.26. The van der Waals surface area contributed by atoms with Crippen molar-refractivity contribution in [2.75, 3.05) is 32.1 Å². The smallest absolute Gasteiger partial charge is 0.321 e. The molecule has 1 aliphatic rings. The predicted molar refractivity (Wildman–Crippen MR) is 76.5 cm³/mol. The molecule has 1 fully saturated rings. The molecule has 0 radical (unpaired) electrons. The van der Waals surface area contributed by atoms with E-state index >= 15 is 0 Å². The second kappa shape index (κ2) is 6.25. The fraction of sp³-hybridized carbons (Fsp3) is 0.462. The summed E-state index contributed by atoms with van der Waals surface area (Å²) in [4.78, 5) is 13.8. The van der Waals surface area contributed by atoms with E-state index in [1.807, 2.05) is 6.07 Å². The number of hydrogen-bond donors (Lipinski definition) is 2. The van der Waals surface area contributed by atoms with Crippen molar-refractivity contribution in [1.82, 2.24) is 4.90 Å². The van der Waals surface area contributed by atoms with Crippen molar-refractivity contribution in [3.05, 3.63) is 22.7 Å². The van der Waals surface area contributed by atoms with Gasteiger partial charge in [0.1, 0.15) is 5.75 Å². The lowest BCUT2D eigenvalue weighted by atomic mass is 10.1. The summed E-state index contributed by atoms with van der Waals surface area (Å²) in [5, 5.41) is 11.9. The van der Waals surface area contributed by atoms with E-state index in [0.717, 1.165) is 10.9 Å². The fourth-order valence-electron chi connectivity index (χ4n) is 2.14. The van der Waals surface area contributed by atoms with Gasteiger partial charge in [-0.1, -0.05) is 15.9 Å². The van der Waals surface area contributed by atoms with E-state index in [-0.39, 0.29) is 18.6 Å². The van der Waals surface area contributed by atoms with Crippen LogP contribution in [0.25, 0.3) is 0 Å². The largest absolute Gasteiger partial charge is 0.495 e. The van der Waals surface area contributed by atoms with Crippen LogP contribution in [0.3, 0.4) is 0 Å². The summed E-state index contributed by atoms with van der Waals surface area (Å²) < 4.78 is 6.09. The van der Waals surface area contributed by atoms with Gasteiger partial charge in [-0.3, -0.25) is 0 Å². The SMILES string of the molecule is COc1ccc(Br)cc1NC(=O)N1CCC(CO)C1. The number of nitrogens with zero attached hydrogens (tertiary/aromatic N) is 1. The zero-order chi connectivity index (χ0) is 13.8. The van der Waals surface area contributed by atoms with E-state index in [0.29, 0.717) is 24.5 Å². The van der Waals surface area contributed by atoms with Gasteiger partial charge in [0, 0.05) is 30.1 Å². The molecule has 1 aromatic carbocycles. The van der Waals surface area contributed by atoms with Gasteiger partial charge in [0.05, 0.1) is 12.8 Å². The Bertz CT molecular complexity index is 467. The molecular weight excluding hydrogens is 312 g/mol. The van der Waals surface area contributed by atoms with E-state index in [1.54, 1.807) is 24.1 Å². The minimum atomic E-state index is -0.160. The molecule has 1 aliphatic heterocycles. The van der Waals surface area contributed by atoms with Crippen molar-refractivity contribution in [3.63, 3.8) is 0 Å². The molecule has 0 aromatic heterocycles. The number of nitrogens with one attached hydrogen (secondary N) is 1. The summed E-state index contributed by atoms with van der Waals surface area (Å²) in [6.45, 7) is 1.40. The number of hydrogen-bond acceptors (Lipinski definition) is 3. The number of likely N-dealkylation sites (tertiary alicyclic amines) is 1. The highest BCUT2D eigenvalue weighted by molar-refractivity contribution is 9.10. The number of urea groups is 1. The zero-order valence-corrected chi connectivity index (χ0v) is 12.3. The van der Waals surface area contributed by atoms with Crippen molar-refractivity contribution in [1.29, 1.82) is 0 Å². The molecule has 2 rings (SSSR count). The number of methoxy groups -OCH3 is 1. The van der Waals surface area contributed by atoms with Gasteiger partial charge in [-0.15, -0.1) is 0 Å². The zero-order valence-electron chi connectivity index (χ0n) is 10.7. The number of aliphatic hydroxyl groups is 1. The molecule has 1 saturated heterocycles. The van der Waals surface area contributed by atoms with Gasteiger partial charge in [-0.2, -0.15) is 0 Å². The van der Waals surface area contributed by atoms with Crippen LogP contribution < -0.4 is 10.1 Å². The molecule has 1 atom stereocenters. The number of carbonyl (C=O) groups is 1. The molecule has 5 nitrogen and oxygen atoms in total. The summed E-state index contributed by atoms with van der Waals surface area (Å²) >= 11 is 3.37. The lowest BCUT2D eigenvalue weighted by Gasteiger charge is -2.18. The first-order valence-electron chi connectivity index (χ1n) is 6.14. The van der Waals surface area contributed by atoms with Crippen LogP contribution >= 0.6 is 15.9 Å². The number of rotatable bonds is 3. The minimum absolute atomic E-state index is 0.129. The Balaban J connectivity index is 2.05. The summed E-state index contributed by atoms with van der Waals surface area (Å²) in [6, 6.07) is 5.29. The molecular formula is C13H17BrN2O3. The van der Waals surface area contributed by atoms with Crippen molar-refractivity contribution in [3.8, 4) is 5.75 Å². The molecule has 6 heteroatoms. The molecule has 0 spiro atoms. The molecule has 0 bridgehead atoms. The normalized spacial score (nSPS) is 18.5. The number of anilines is 1. The van der Waals surface area contributed by atoms with Crippen molar-refractivity contribution in [2.24, 2.45) is 5.92 Å². The Morgan fingerprint density at radius 2 is 2.42 bits per heavy atom. The van der Waals surface area contributed by atoms with Crippen LogP contribution in [0.5, 0.6) is 5.75 Å². The standard InChI is InChI=1S/C13H17BrN2O3/c1-19-12-3-2-10(14)6-11(12)15-13(18)16-5-4-9(7-16)8-17/h2-3,6,9,17H,4-5,7-8H2,1H3,(H,15,18). The Kier molecular flexibility index (Phi) is 4.66. The van der Waals surface area contributed by atoms with E-state index in [4.69, 9.17) is 9.84 Å². The average molecular weight is 329 g/mol. The number of benzene rings is 1. The van der Waals surface area contributed by atoms with E-state index in [2.05, 4.69) is 21.2 Å². The predicted octanol–water partition coefficient (Wildman–Crippen LogP) is 2.30. The molecule has 0 aliphatic carbocycles. The second-order valence-corrected chi connectivity index (χ2v) is 5.47. The highest BCUT2D eigenvalue weighted by atomic mass is 79.9. The van der Waals surface area contributed by atoms with E-state index in [1.165, 1.54) is 0 Å². The van der Waals surface area contributed by atoms with Gasteiger partial charge in [-0.05, 0) is 24.6 Å². The number of carbonyl (C=O) groups excluding carboxylic acids is 1. The Hall–Kier alpha value is -1.27. The lowest BCUT2D eigenvalue weighted by Crippen LogP contribution is -2.33. The summed E-state index contributed by atoms with van der Waals surface area (Å²) in [5.74, 6) is 0.810. The van der Waals surface area contributed by atoms with Gasteiger partial charge in [-0.25, -0.2) is 4.79 Å². The molecule has 2 N–H and O–H groups in total. The van der Waals surface area contributed by atoms with Gasteiger partial charge < -0.3 is 20.1 Å². The molecule has 2 amide bonds. The Labute approximate surface area is 120 Å². The average Bonchev–Trinajstić information content (AvgIpc) is 2.88. The minimum Gasteiger partial charge on any atom is -0.495 e. The van der Waals surface area contributed by atoms with Crippen LogP contribution in [0.4, 0.5) is 10.5 Å². The molecule has 0 saturated carbocycles. The highest BCUT2D eigenvalue weighted by Crippen LogP contribution is 2.28. The topological polar surface area (TPSA) is 61.8 Å². The van der Waals surface area contributed by atoms with Gasteiger partial charge in [0.25, 0.3) is 0 Å². The van der Waals surface area contributed by atoms with Crippen molar-refractivity contribution < 1.29 is 14.6 Å². The van der Waals surface area contributed by atoms with Gasteiger partial charge in [0.2, 0.25) is 0 Å². The maximum atomic E-state index is 12.1. The first kappa shape index (κ1) is 14.1. The molecule has 1 unspecified atom stereocenters. The monoisotopic (exact) mass is 328 g/mol. The van der Waals surface area contributed by atoms with E-state index < -0.39 is 0 Å². The maximum absolute atomic E-state index is 12.1. The third-order valence-electron chi connectivity index (χ3n) is 3.23. The Morgan fingerprint density at radius 3 is 3.05 bits per heavy atom. The number of ether oxygens (including phenoxy) is 1. The van der Waals surface area contributed by atoms with Crippen LogP contribution in [-0.2, 0) is 0 Å². The number of amides is 2. The third kappa shape index (κ3) is 3.39.